The van der Waals surface area contributed by atoms with Crippen molar-refractivity contribution >= 4 is 11.7 Å². The molecule has 0 atom stereocenters. The first-order chi connectivity index (χ1) is 6.88. The molecule has 15 heavy (non-hydrogen) atoms. The van der Waals surface area contributed by atoms with Gasteiger partial charge in [-0.25, -0.2) is 0 Å². The molecule has 0 radical (unpaired) electrons. The van der Waals surface area contributed by atoms with E-state index in [2.05, 4.69) is 15.5 Å². The highest BCUT2D eigenvalue weighted by molar-refractivity contribution is 5.94. The quantitative estimate of drug-likeness (QED) is 0.694. The summed E-state index contributed by atoms with van der Waals surface area (Å²) in [6.45, 7) is 7.73. The number of carbonyl (C=O) groups is 1. The van der Waals surface area contributed by atoms with Gasteiger partial charge in [0.25, 0.3) is 0 Å². The van der Waals surface area contributed by atoms with Crippen molar-refractivity contribution in [2.45, 2.75) is 27.7 Å². The van der Waals surface area contributed by atoms with Gasteiger partial charge >= 0.3 is 0 Å². The van der Waals surface area contributed by atoms with Crippen LogP contribution >= 0.6 is 0 Å². The Morgan fingerprint density at radius 3 is 2.53 bits per heavy atom. The van der Waals surface area contributed by atoms with E-state index in [1.165, 1.54) is 0 Å². The van der Waals surface area contributed by atoms with Gasteiger partial charge in [-0.1, -0.05) is 0 Å². The van der Waals surface area contributed by atoms with Crippen molar-refractivity contribution in [2.24, 2.45) is 11.1 Å². The lowest BCUT2D eigenvalue weighted by atomic mass is 9.93. The van der Waals surface area contributed by atoms with Crippen molar-refractivity contribution in [3.63, 3.8) is 0 Å². The molecule has 0 unspecified atom stereocenters. The van der Waals surface area contributed by atoms with Crippen LogP contribution in [0.25, 0.3) is 0 Å². The Morgan fingerprint density at radius 1 is 1.53 bits per heavy atom. The number of nitrogens with two attached hydrogens (primary N) is 1. The second-order valence-corrected chi connectivity index (χ2v) is 4.36. The first kappa shape index (κ1) is 11.7. The molecule has 1 aromatic rings. The Bertz CT molecular complexity index is 367. The minimum atomic E-state index is -0.570. The van der Waals surface area contributed by atoms with Crippen molar-refractivity contribution in [3.05, 3.63) is 11.3 Å². The summed E-state index contributed by atoms with van der Waals surface area (Å²) in [4.78, 5) is 11.8. The fourth-order valence-corrected chi connectivity index (χ4v) is 0.976. The van der Waals surface area contributed by atoms with Crippen LogP contribution in [0.4, 0.5) is 5.82 Å². The molecule has 0 aliphatic rings. The summed E-state index contributed by atoms with van der Waals surface area (Å²) in [5, 5.41) is 9.58. The van der Waals surface area contributed by atoms with Gasteiger partial charge in [-0.2, -0.15) is 5.10 Å². The lowest BCUT2D eigenvalue weighted by molar-refractivity contribution is -0.123. The lowest BCUT2D eigenvalue weighted by Gasteiger charge is -2.20. The van der Waals surface area contributed by atoms with Crippen LogP contribution < -0.4 is 11.1 Å². The van der Waals surface area contributed by atoms with Gasteiger partial charge < -0.3 is 11.1 Å². The summed E-state index contributed by atoms with van der Waals surface area (Å²) in [7, 11) is 0. The standard InChI is InChI=1S/C10H18N4O/c1-6-7(2)13-14-8(6)12-9(15)10(3,4)5-11/h5,11H2,1-4H3,(H2,12,13,14,15). The molecule has 0 fully saturated rings. The number of rotatable bonds is 3. The third kappa shape index (κ3) is 2.36. The van der Waals surface area contributed by atoms with E-state index < -0.39 is 5.41 Å². The average molecular weight is 210 g/mol. The van der Waals surface area contributed by atoms with Crippen LogP contribution in [-0.4, -0.2) is 22.6 Å². The van der Waals surface area contributed by atoms with Gasteiger partial charge in [-0.05, 0) is 27.7 Å². The van der Waals surface area contributed by atoms with E-state index in [0.717, 1.165) is 11.3 Å². The summed E-state index contributed by atoms with van der Waals surface area (Å²) >= 11 is 0. The van der Waals surface area contributed by atoms with E-state index >= 15 is 0 Å². The normalized spacial score (nSPS) is 11.5. The maximum absolute atomic E-state index is 11.8. The van der Waals surface area contributed by atoms with Gasteiger partial charge in [0.2, 0.25) is 5.91 Å². The molecule has 0 bridgehead atoms. The number of carbonyl (C=O) groups excluding carboxylic acids is 1. The molecule has 84 valence electrons. The number of aromatic amines is 1. The molecule has 1 amide bonds. The van der Waals surface area contributed by atoms with Crippen LogP contribution in [0.1, 0.15) is 25.1 Å². The van der Waals surface area contributed by atoms with Crippen LogP contribution in [0.2, 0.25) is 0 Å². The number of hydrogen-bond acceptors (Lipinski definition) is 3. The summed E-state index contributed by atoms with van der Waals surface area (Å²) in [5.74, 6) is 0.471. The number of anilines is 1. The predicted molar refractivity (Wildman–Crippen MR) is 59.5 cm³/mol. The summed E-state index contributed by atoms with van der Waals surface area (Å²) in [6, 6.07) is 0. The molecule has 0 saturated carbocycles. The minimum absolute atomic E-state index is 0.111. The SMILES string of the molecule is Cc1[nH]nc(NC(=O)C(C)(C)CN)c1C. The lowest BCUT2D eigenvalue weighted by Crippen LogP contribution is -2.37. The number of H-pyrrole nitrogens is 1. The van der Waals surface area contributed by atoms with E-state index in [0.29, 0.717) is 12.4 Å². The van der Waals surface area contributed by atoms with Gasteiger partial charge in [0.1, 0.15) is 0 Å². The highest BCUT2D eigenvalue weighted by atomic mass is 16.2. The molecule has 1 rings (SSSR count). The second-order valence-electron chi connectivity index (χ2n) is 4.36. The fraction of sp³-hybridized carbons (Fsp3) is 0.600. The Labute approximate surface area is 89.4 Å². The predicted octanol–water partition coefficient (Wildman–Crippen LogP) is 0.950. The number of nitrogens with zero attached hydrogens (tertiary/aromatic N) is 1. The average Bonchev–Trinajstić information content (AvgIpc) is 2.49. The maximum Gasteiger partial charge on any atom is 0.232 e. The van der Waals surface area contributed by atoms with Crippen LogP contribution in [0.5, 0.6) is 0 Å². The van der Waals surface area contributed by atoms with Crippen LogP contribution in [-0.2, 0) is 4.79 Å². The Balaban J connectivity index is 2.79. The first-order valence-electron chi connectivity index (χ1n) is 4.91. The largest absolute Gasteiger partial charge is 0.329 e. The van der Waals surface area contributed by atoms with Crippen LogP contribution in [0.15, 0.2) is 0 Å². The van der Waals surface area contributed by atoms with Crippen molar-refractivity contribution in [1.82, 2.24) is 10.2 Å². The van der Waals surface area contributed by atoms with E-state index in [9.17, 15) is 4.79 Å². The molecule has 0 aliphatic carbocycles. The van der Waals surface area contributed by atoms with Gasteiger partial charge in [-0.15, -0.1) is 0 Å². The molecule has 1 heterocycles. The zero-order chi connectivity index (χ0) is 11.6. The number of aromatic nitrogens is 2. The second kappa shape index (κ2) is 4.02. The molecule has 0 aliphatic heterocycles. The molecule has 5 nitrogen and oxygen atoms in total. The van der Waals surface area contributed by atoms with E-state index in [1.807, 2.05) is 13.8 Å². The molecule has 0 spiro atoms. The molecule has 1 aromatic heterocycles. The third-order valence-electron chi connectivity index (χ3n) is 2.61. The summed E-state index contributed by atoms with van der Waals surface area (Å²) in [5.41, 5.74) is 6.85. The van der Waals surface area contributed by atoms with Crippen LogP contribution in [0.3, 0.4) is 0 Å². The number of amides is 1. The van der Waals surface area contributed by atoms with Gasteiger partial charge in [0.05, 0.1) is 5.41 Å². The van der Waals surface area contributed by atoms with E-state index in [-0.39, 0.29) is 5.91 Å². The highest BCUT2D eigenvalue weighted by Crippen LogP contribution is 2.19. The smallest absolute Gasteiger partial charge is 0.232 e. The number of nitrogens with one attached hydrogen (secondary N) is 2. The number of aryl methyl sites for hydroxylation is 1. The first-order valence-corrected chi connectivity index (χ1v) is 4.91. The molecule has 0 saturated heterocycles. The van der Waals surface area contributed by atoms with E-state index in [1.54, 1.807) is 13.8 Å². The van der Waals surface area contributed by atoms with Crippen molar-refractivity contribution < 1.29 is 4.79 Å². The molecular weight excluding hydrogens is 192 g/mol. The fourth-order valence-electron chi connectivity index (χ4n) is 0.976. The monoisotopic (exact) mass is 210 g/mol. The van der Waals surface area contributed by atoms with Gasteiger partial charge in [0.15, 0.2) is 5.82 Å². The van der Waals surface area contributed by atoms with Gasteiger partial charge in [0, 0.05) is 17.8 Å². The van der Waals surface area contributed by atoms with Crippen molar-refractivity contribution in [1.29, 1.82) is 0 Å². The van der Waals surface area contributed by atoms with Crippen molar-refractivity contribution in [2.75, 3.05) is 11.9 Å². The summed E-state index contributed by atoms with van der Waals surface area (Å²) < 4.78 is 0. The molecule has 0 aromatic carbocycles. The van der Waals surface area contributed by atoms with Gasteiger partial charge in [-0.3, -0.25) is 9.89 Å². The Morgan fingerprint density at radius 2 is 2.13 bits per heavy atom. The van der Waals surface area contributed by atoms with Crippen LogP contribution in [0, 0.1) is 19.3 Å². The summed E-state index contributed by atoms with van der Waals surface area (Å²) in [6.07, 6.45) is 0. The minimum Gasteiger partial charge on any atom is -0.329 e. The number of hydrogen-bond donors (Lipinski definition) is 3. The zero-order valence-corrected chi connectivity index (χ0v) is 9.64. The highest BCUT2D eigenvalue weighted by Gasteiger charge is 2.26. The van der Waals surface area contributed by atoms with E-state index in [4.69, 9.17) is 5.73 Å². The van der Waals surface area contributed by atoms with Crippen molar-refractivity contribution in [3.8, 4) is 0 Å². The Hall–Kier alpha value is -1.36. The zero-order valence-electron chi connectivity index (χ0n) is 9.64. The maximum atomic E-state index is 11.8. The molecular formula is C10H18N4O. The Kier molecular flexibility index (Phi) is 3.14. The molecule has 5 heteroatoms. The third-order valence-corrected chi connectivity index (χ3v) is 2.61. The topological polar surface area (TPSA) is 83.8 Å². The molecule has 4 N–H and O–H groups in total.